The Morgan fingerprint density at radius 1 is 1.35 bits per heavy atom. The number of benzene rings is 1. The Morgan fingerprint density at radius 2 is 2.00 bits per heavy atom. The molecule has 2 nitrogen and oxygen atoms in total. The van der Waals surface area contributed by atoms with E-state index >= 15 is 0 Å². The molecule has 0 unspecified atom stereocenters. The van der Waals surface area contributed by atoms with Crippen molar-refractivity contribution >= 4 is 36.4 Å². The maximum Gasteiger partial charge on any atom is 0.143 e. The van der Waals surface area contributed by atoms with Crippen molar-refractivity contribution in [1.82, 2.24) is 0 Å². The van der Waals surface area contributed by atoms with Gasteiger partial charge in [-0.1, -0.05) is 43.8 Å². The molecule has 0 aliphatic carbocycles. The molecule has 1 N–H and O–H groups in total. The first-order chi connectivity index (χ1) is 8.10. The Morgan fingerprint density at radius 3 is 2.53 bits per heavy atom. The Bertz CT molecular complexity index is 439. The van der Waals surface area contributed by atoms with Crippen LogP contribution in [0.25, 0.3) is 0 Å². The largest absolute Gasteiger partial charge is 0.339 e. The number of nitrogens with zero attached hydrogens (tertiary/aromatic N) is 1. The van der Waals surface area contributed by atoms with Gasteiger partial charge in [-0.15, -0.1) is 0 Å². The third-order valence-corrected chi connectivity index (χ3v) is 4.09. The number of aliphatic imine (C=N–C) groups is 1. The van der Waals surface area contributed by atoms with Gasteiger partial charge in [-0.3, -0.25) is 4.99 Å². The molecule has 0 spiro atoms. The van der Waals surface area contributed by atoms with E-state index in [-0.39, 0.29) is 7.92 Å². The van der Waals surface area contributed by atoms with Crippen molar-refractivity contribution in [2.75, 3.05) is 25.7 Å². The number of para-hydroxylation sites is 1. The van der Waals surface area contributed by atoms with Gasteiger partial charge >= 0.3 is 0 Å². The van der Waals surface area contributed by atoms with Crippen molar-refractivity contribution in [3.8, 4) is 0 Å². The quantitative estimate of drug-likeness (QED) is 0.505. The minimum atomic E-state index is -0.156. The Labute approximate surface area is 110 Å². The van der Waals surface area contributed by atoms with Gasteiger partial charge in [0.05, 0.1) is 5.03 Å². The van der Waals surface area contributed by atoms with Gasteiger partial charge in [0.2, 0.25) is 0 Å². The Kier molecular flexibility index (Phi) is 5.67. The molecule has 0 aromatic heterocycles. The zero-order valence-electron chi connectivity index (χ0n) is 10.7. The van der Waals surface area contributed by atoms with Crippen molar-refractivity contribution in [2.24, 2.45) is 4.99 Å². The van der Waals surface area contributed by atoms with Gasteiger partial charge in [0.15, 0.2) is 0 Å². The van der Waals surface area contributed by atoms with Crippen LogP contribution in [0.2, 0.25) is 0 Å². The van der Waals surface area contributed by atoms with Gasteiger partial charge < -0.3 is 5.32 Å². The Balaban J connectivity index is 3.03. The number of hydrogen-bond acceptors (Lipinski definition) is 1. The first-order valence-corrected chi connectivity index (χ1v) is 8.04. The number of halogens is 1. The third-order valence-electron chi connectivity index (χ3n) is 2.34. The summed E-state index contributed by atoms with van der Waals surface area (Å²) >= 11 is 6.09. The van der Waals surface area contributed by atoms with Crippen LogP contribution in [0.15, 0.2) is 40.4 Å². The molecular weight excluding hydrogens is 251 g/mol. The summed E-state index contributed by atoms with van der Waals surface area (Å²) in [7, 11) is 1.58. The van der Waals surface area contributed by atoms with E-state index in [0.717, 1.165) is 5.69 Å². The number of rotatable bonds is 3. The van der Waals surface area contributed by atoms with E-state index in [2.05, 4.69) is 41.8 Å². The maximum atomic E-state index is 6.09. The molecule has 1 aromatic rings. The lowest BCUT2D eigenvalue weighted by Crippen LogP contribution is -2.17. The summed E-state index contributed by atoms with van der Waals surface area (Å²) in [6.45, 7) is 6.36. The second-order valence-electron chi connectivity index (χ2n) is 3.75. The molecule has 0 bridgehead atoms. The molecule has 1 aromatic carbocycles. The van der Waals surface area contributed by atoms with Gasteiger partial charge in [0.25, 0.3) is 0 Å². The third kappa shape index (κ3) is 3.83. The zero-order valence-corrected chi connectivity index (χ0v) is 12.3. The van der Waals surface area contributed by atoms with E-state index in [1.807, 2.05) is 19.1 Å². The summed E-state index contributed by atoms with van der Waals surface area (Å²) in [5.41, 5.74) is 1.09. The van der Waals surface area contributed by atoms with Crippen molar-refractivity contribution < 1.29 is 0 Å². The molecule has 0 aliphatic heterocycles. The molecule has 1 rings (SSSR count). The number of hydrogen-bond donors (Lipinski definition) is 1. The van der Waals surface area contributed by atoms with Gasteiger partial charge in [0.1, 0.15) is 5.84 Å². The summed E-state index contributed by atoms with van der Waals surface area (Å²) in [6, 6.07) is 8.28. The summed E-state index contributed by atoms with van der Waals surface area (Å²) in [6.07, 6.45) is 1.83. The molecule has 0 saturated carbocycles. The van der Waals surface area contributed by atoms with Crippen LogP contribution in [0.5, 0.6) is 0 Å². The van der Waals surface area contributed by atoms with Crippen LogP contribution in [0.3, 0.4) is 0 Å². The van der Waals surface area contributed by atoms with Gasteiger partial charge in [-0.25, -0.2) is 0 Å². The highest BCUT2D eigenvalue weighted by Crippen LogP contribution is 2.28. The molecular formula is C13H18ClN2P. The topological polar surface area (TPSA) is 24.4 Å². The molecule has 92 valence electrons. The molecule has 0 saturated heterocycles. The van der Waals surface area contributed by atoms with Gasteiger partial charge in [0, 0.05) is 12.7 Å². The molecule has 0 atom stereocenters. The van der Waals surface area contributed by atoms with Crippen molar-refractivity contribution in [3.63, 3.8) is 0 Å². The predicted octanol–water partition coefficient (Wildman–Crippen LogP) is 3.64. The standard InChI is InChI=1S/C13H18ClN2P/c1-5-10(14)13(15-2)16-11-8-6-7-9-12(11)17(3)4/h5-9H,1-4H3,(H,15,16)/b10-5+. The highest BCUT2D eigenvalue weighted by atomic mass is 35.5. The highest BCUT2D eigenvalue weighted by molar-refractivity contribution is 7.64. The fourth-order valence-corrected chi connectivity index (χ4v) is 2.58. The second kappa shape index (κ2) is 6.78. The maximum absolute atomic E-state index is 6.09. The lowest BCUT2D eigenvalue weighted by Gasteiger charge is -2.15. The lowest BCUT2D eigenvalue weighted by molar-refractivity contribution is 1.42. The van der Waals surface area contributed by atoms with E-state index in [4.69, 9.17) is 11.6 Å². The van der Waals surface area contributed by atoms with Crippen LogP contribution >= 0.6 is 19.5 Å². The van der Waals surface area contributed by atoms with E-state index in [0.29, 0.717) is 10.9 Å². The van der Waals surface area contributed by atoms with Crippen molar-refractivity contribution in [2.45, 2.75) is 6.92 Å². The molecule has 0 amide bonds. The van der Waals surface area contributed by atoms with Crippen LogP contribution in [-0.4, -0.2) is 26.2 Å². The van der Waals surface area contributed by atoms with E-state index < -0.39 is 0 Å². The number of allylic oxidation sites excluding steroid dienone is 1. The van der Waals surface area contributed by atoms with Gasteiger partial charge in [-0.05, 0) is 31.6 Å². The molecule has 0 fully saturated rings. The SMILES string of the molecule is C/C=C(/Cl)C(=NC)Nc1ccccc1P(C)C. The Hall–Kier alpha value is -0.850. The molecule has 0 aliphatic rings. The van der Waals surface area contributed by atoms with Crippen LogP contribution in [0, 0.1) is 0 Å². The molecule has 4 heteroatoms. The average molecular weight is 269 g/mol. The lowest BCUT2D eigenvalue weighted by atomic mass is 10.3. The second-order valence-corrected chi connectivity index (χ2v) is 6.42. The van der Waals surface area contributed by atoms with Crippen LogP contribution in [-0.2, 0) is 0 Å². The normalized spacial score (nSPS) is 13.1. The summed E-state index contributed by atoms with van der Waals surface area (Å²) < 4.78 is 0. The van der Waals surface area contributed by atoms with Gasteiger partial charge in [-0.2, -0.15) is 0 Å². The summed E-state index contributed by atoms with van der Waals surface area (Å²) in [5.74, 6) is 0.707. The fourth-order valence-electron chi connectivity index (χ4n) is 1.46. The number of anilines is 1. The summed E-state index contributed by atoms with van der Waals surface area (Å²) in [5, 5.41) is 5.26. The van der Waals surface area contributed by atoms with Crippen LogP contribution in [0.4, 0.5) is 5.69 Å². The van der Waals surface area contributed by atoms with Crippen LogP contribution < -0.4 is 10.6 Å². The van der Waals surface area contributed by atoms with Crippen molar-refractivity contribution in [1.29, 1.82) is 0 Å². The van der Waals surface area contributed by atoms with E-state index in [1.165, 1.54) is 5.30 Å². The van der Waals surface area contributed by atoms with Crippen molar-refractivity contribution in [3.05, 3.63) is 35.4 Å². The minimum Gasteiger partial charge on any atom is -0.339 e. The fraction of sp³-hybridized carbons (Fsp3) is 0.308. The first kappa shape index (κ1) is 14.2. The number of amidine groups is 1. The molecule has 0 radical (unpaired) electrons. The highest BCUT2D eigenvalue weighted by Gasteiger charge is 2.08. The first-order valence-electron chi connectivity index (χ1n) is 5.42. The average Bonchev–Trinajstić information content (AvgIpc) is 2.35. The molecule has 17 heavy (non-hydrogen) atoms. The minimum absolute atomic E-state index is 0.156. The smallest absolute Gasteiger partial charge is 0.143 e. The van der Waals surface area contributed by atoms with E-state index in [9.17, 15) is 0 Å². The number of nitrogens with one attached hydrogen (secondary N) is 1. The molecule has 0 heterocycles. The van der Waals surface area contributed by atoms with E-state index in [1.54, 1.807) is 7.05 Å². The predicted molar refractivity (Wildman–Crippen MR) is 81.4 cm³/mol. The summed E-state index contributed by atoms with van der Waals surface area (Å²) in [4.78, 5) is 4.17. The monoisotopic (exact) mass is 268 g/mol. The zero-order chi connectivity index (χ0) is 12.8. The van der Waals surface area contributed by atoms with Crippen LogP contribution in [0.1, 0.15) is 6.92 Å².